The van der Waals surface area contributed by atoms with Crippen LogP contribution in [0, 0.1) is 0 Å². The van der Waals surface area contributed by atoms with Gasteiger partial charge < -0.3 is 10.1 Å². The molecule has 0 aliphatic heterocycles. The average Bonchev–Trinajstić information content (AvgIpc) is 2.77. The van der Waals surface area contributed by atoms with E-state index in [-0.39, 0.29) is 0 Å². The maximum absolute atomic E-state index is 11.4. The van der Waals surface area contributed by atoms with E-state index in [1.54, 1.807) is 0 Å². The van der Waals surface area contributed by atoms with Crippen molar-refractivity contribution in [1.29, 1.82) is 0 Å². The van der Waals surface area contributed by atoms with Gasteiger partial charge in [-0.15, -0.1) is 0 Å². The minimum atomic E-state index is -0.424. The lowest BCUT2D eigenvalue weighted by Crippen LogP contribution is -2.03. The van der Waals surface area contributed by atoms with Crippen molar-refractivity contribution < 1.29 is 9.53 Å². The van der Waals surface area contributed by atoms with Gasteiger partial charge in [-0.1, -0.05) is 18.2 Å². The van der Waals surface area contributed by atoms with Gasteiger partial charge in [0.15, 0.2) is 5.82 Å². The van der Waals surface area contributed by atoms with Crippen LogP contribution in [-0.4, -0.2) is 23.3 Å². The van der Waals surface area contributed by atoms with Gasteiger partial charge in [0.2, 0.25) is 0 Å². The number of rotatable bonds is 3. The number of nitrogens with one attached hydrogen (secondary N) is 2. The van der Waals surface area contributed by atoms with Crippen molar-refractivity contribution in [2.45, 2.75) is 0 Å². The first-order chi connectivity index (χ1) is 7.81. The summed E-state index contributed by atoms with van der Waals surface area (Å²) in [6.07, 6.45) is 1.50. The molecule has 5 nitrogen and oxygen atoms in total. The molecule has 0 bridgehead atoms. The normalized spacial score (nSPS) is 9.81. The van der Waals surface area contributed by atoms with E-state index in [1.165, 1.54) is 13.3 Å². The highest BCUT2D eigenvalue weighted by Gasteiger charge is 2.14. The number of ether oxygens (including phenoxy) is 1. The van der Waals surface area contributed by atoms with Gasteiger partial charge in [-0.05, 0) is 12.1 Å². The van der Waals surface area contributed by atoms with Crippen LogP contribution in [0.5, 0.6) is 0 Å². The lowest BCUT2D eigenvalue weighted by atomic mass is 10.3. The third-order valence-corrected chi connectivity index (χ3v) is 2.08. The van der Waals surface area contributed by atoms with Crippen molar-refractivity contribution in [2.24, 2.45) is 0 Å². The van der Waals surface area contributed by atoms with Gasteiger partial charge in [-0.2, -0.15) is 5.10 Å². The van der Waals surface area contributed by atoms with Crippen LogP contribution < -0.4 is 5.32 Å². The predicted molar refractivity (Wildman–Crippen MR) is 59.7 cm³/mol. The number of benzene rings is 1. The van der Waals surface area contributed by atoms with Crippen molar-refractivity contribution in [3.8, 4) is 0 Å². The Bertz CT molecular complexity index is 479. The van der Waals surface area contributed by atoms with Crippen LogP contribution in [0.4, 0.5) is 11.5 Å². The molecule has 0 spiro atoms. The molecule has 2 aromatic rings. The molecule has 2 N–H and O–H groups in total. The standard InChI is InChI=1S/C11H11N3O2/c1-16-11(15)9-7-12-14-10(9)13-8-5-3-2-4-6-8/h2-7H,1H3,(H2,12,13,14). The predicted octanol–water partition coefficient (Wildman–Crippen LogP) is 1.94. The molecule has 0 radical (unpaired) electrons. The zero-order valence-electron chi connectivity index (χ0n) is 8.73. The van der Waals surface area contributed by atoms with Gasteiger partial charge in [0.25, 0.3) is 0 Å². The van der Waals surface area contributed by atoms with Crippen molar-refractivity contribution >= 4 is 17.5 Å². The van der Waals surface area contributed by atoms with Crippen molar-refractivity contribution in [3.05, 3.63) is 42.1 Å². The number of esters is 1. The minimum Gasteiger partial charge on any atom is -0.465 e. The second kappa shape index (κ2) is 4.48. The van der Waals surface area contributed by atoms with Crippen LogP contribution in [0.25, 0.3) is 0 Å². The maximum atomic E-state index is 11.4. The number of aromatic nitrogens is 2. The Morgan fingerprint density at radius 2 is 2.12 bits per heavy atom. The highest BCUT2D eigenvalue weighted by atomic mass is 16.5. The highest BCUT2D eigenvalue weighted by Crippen LogP contribution is 2.18. The Hall–Kier alpha value is -2.30. The number of carbonyl (C=O) groups is 1. The monoisotopic (exact) mass is 217 g/mol. The lowest BCUT2D eigenvalue weighted by Gasteiger charge is -2.04. The number of aromatic amines is 1. The van der Waals surface area contributed by atoms with E-state index in [0.29, 0.717) is 11.4 Å². The lowest BCUT2D eigenvalue weighted by molar-refractivity contribution is 0.0602. The Morgan fingerprint density at radius 1 is 1.38 bits per heavy atom. The molecule has 0 saturated heterocycles. The molecule has 0 amide bonds. The third-order valence-electron chi connectivity index (χ3n) is 2.08. The number of methoxy groups -OCH3 is 1. The van der Waals surface area contributed by atoms with E-state index in [1.807, 2.05) is 30.3 Å². The summed E-state index contributed by atoms with van der Waals surface area (Å²) in [5.74, 6) is 0.0326. The van der Waals surface area contributed by atoms with Crippen molar-refractivity contribution in [3.63, 3.8) is 0 Å². The third kappa shape index (κ3) is 2.03. The molecular weight excluding hydrogens is 206 g/mol. The fourth-order valence-corrected chi connectivity index (χ4v) is 1.31. The molecule has 0 saturated carbocycles. The Labute approximate surface area is 92.4 Å². The molecule has 1 aromatic heterocycles. The number of hydrogen-bond acceptors (Lipinski definition) is 4. The molecule has 0 aliphatic carbocycles. The van der Waals surface area contributed by atoms with E-state index >= 15 is 0 Å². The van der Waals surface area contributed by atoms with Crippen LogP contribution in [0.3, 0.4) is 0 Å². The number of H-pyrrole nitrogens is 1. The second-order valence-electron chi connectivity index (χ2n) is 3.13. The molecule has 0 aliphatic rings. The summed E-state index contributed by atoms with van der Waals surface area (Å²) in [7, 11) is 1.33. The van der Waals surface area contributed by atoms with Crippen LogP contribution in [0.2, 0.25) is 0 Å². The number of hydrogen-bond donors (Lipinski definition) is 2. The number of carbonyl (C=O) groups excluding carboxylic acids is 1. The second-order valence-corrected chi connectivity index (χ2v) is 3.13. The first kappa shape index (κ1) is 10.2. The van der Waals surface area contributed by atoms with Gasteiger partial charge in [-0.25, -0.2) is 4.79 Å². The molecule has 0 atom stereocenters. The van der Waals surface area contributed by atoms with E-state index in [4.69, 9.17) is 0 Å². The molecular formula is C11H11N3O2. The number of para-hydroxylation sites is 1. The molecule has 0 unspecified atom stereocenters. The fourth-order valence-electron chi connectivity index (χ4n) is 1.31. The zero-order valence-corrected chi connectivity index (χ0v) is 8.73. The summed E-state index contributed by atoms with van der Waals surface area (Å²) >= 11 is 0. The number of anilines is 2. The zero-order chi connectivity index (χ0) is 11.4. The van der Waals surface area contributed by atoms with Gasteiger partial charge in [-0.3, -0.25) is 5.10 Å². The Morgan fingerprint density at radius 3 is 2.81 bits per heavy atom. The molecule has 1 aromatic carbocycles. The molecule has 82 valence electrons. The average molecular weight is 217 g/mol. The Balaban J connectivity index is 2.22. The van der Waals surface area contributed by atoms with Crippen LogP contribution in [0.15, 0.2) is 36.5 Å². The van der Waals surface area contributed by atoms with Gasteiger partial charge in [0.1, 0.15) is 5.56 Å². The maximum Gasteiger partial charge on any atom is 0.343 e. The topological polar surface area (TPSA) is 67.0 Å². The fraction of sp³-hybridized carbons (Fsp3) is 0.0909. The smallest absolute Gasteiger partial charge is 0.343 e. The van der Waals surface area contributed by atoms with Gasteiger partial charge in [0, 0.05) is 11.9 Å². The van der Waals surface area contributed by atoms with Crippen molar-refractivity contribution in [2.75, 3.05) is 12.4 Å². The molecule has 5 heteroatoms. The van der Waals surface area contributed by atoms with Gasteiger partial charge in [0.05, 0.1) is 7.11 Å². The molecule has 2 rings (SSSR count). The van der Waals surface area contributed by atoms with Crippen LogP contribution in [0.1, 0.15) is 10.4 Å². The number of nitrogens with zero attached hydrogens (tertiary/aromatic N) is 1. The Kier molecular flexibility index (Phi) is 2.86. The van der Waals surface area contributed by atoms with E-state index in [9.17, 15) is 4.79 Å². The molecule has 1 heterocycles. The largest absolute Gasteiger partial charge is 0.465 e. The summed E-state index contributed by atoms with van der Waals surface area (Å²) in [5.41, 5.74) is 1.24. The molecule has 16 heavy (non-hydrogen) atoms. The van der Waals surface area contributed by atoms with Crippen LogP contribution in [-0.2, 0) is 4.74 Å². The summed E-state index contributed by atoms with van der Waals surface area (Å²) in [6.45, 7) is 0. The van der Waals surface area contributed by atoms with Crippen LogP contribution >= 0.6 is 0 Å². The first-order valence-electron chi connectivity index (χ1n) is 4.75. The quantitative estimate of drug-likeness (QED) is 0.771. The highest BCUT2D eigenvalue weighted by molar-refractivity contribution is 5.95. The van der Waals surface area contributed by atoms with E-state index < -0.39 is 5.97 Å². The summed E-state index contributed by atoms with van der Waals surface area (Å²) in [4.78, 5) is 11.4. The first-order valence-corrected chi connectivity index (χ1v) is 4.75. The summed E-state index contributed by atoms with van der Waals surface area (Å²) in [5, 5.41) is 9.59. The van der Waals surface area contributed by atoms with Gasteiger partial charge >= 0.3 is 5.97 Å². The van der Waals surface area contributed by atoms with E-state index in [0.717, 1.165) is 5.69 Å². The minimum absolute atomic E-state index is 0.381. The summed E-state index contributed by atoms with van der Waals surface area (Å²) < 4.78 is 4.63. The van der Waals surface area contributed by atoms with Crippen molar-refractivity contribution in [1.82, 2.24) is 10.2 Å². The van der Waals surface area contributed by atoms with E-state index in [2.05, 4.69) is 20.3 Å². The SMILES string of the molecule is COC(=O)c1c[nH]nc1Nc1ccccc1. The summed E-state index contributed by atoms with van der Waals surface area (Å²) in [6, 6.07) is 9.47. The molecule has 0 fully saturated rings.